The molecule has 12 heterocycles. The highest BCUT2D eigenvalue weighted by Crippen LogP contribution is 2.42. The molecule has 4 saturated heterocycles. The monoisotopic (exact) mass is 1910 g/mol. The number of thiazole rings is 1. The number of benzene rings is 10. The van der Waals surface area contributed by atoms with Crippen LogP contribution in [-0.4, -0.2) is 195 Å². The number of ether oxygens (including phenoxy) is 4. The van der Waals surface area contributed by atoms with Crippen molar-refractivity contribution in [3.8, 4) is 68.6 Å². The third-order valence-electron chi connectivity index (χ3n) is 26.5. The summed E-state index contributed by atoms with van der Waals surface area (Å²) in [6.45, 7) is 18.5. The molecule has 22 rings (SSSR count). The first kappa shape index (κ1) is 94.5. The predicted octanol–water partition coefficient (Wildman–Crippen LogP) is 23.5. The maximum atomic E-state index is 10.7. The number of hydrogen-bond acceptors (Lipinski definition) is 25. The molecular weight excluding hydrogens is 1800 g/mol. The summed E-state index contributed by atoms with van der Waals surface area (Å²) in [5, 5.41) is 65.4. The van der Waals surface area contributed by atoms with Crippen LogP contribution < -0.4 is 18.9 Å². The van der Waals surface area contributed by atoms with E-state index in [1.807, 2.05) is 154 Å². The van der Waals surface area contributed by atoms with Crippen LogP contribution in [0.2, 0.25) is 10.0 Å². The number of aryl methyl sites for hydroxylation is 4. The van der Waals surface area contributed by atoms with E-state index in [2.05, 4.69) is 154 Å². The molecular formula is C111H113Cl2N9O15S. The fraction of sp³-hybridized carbons (Fsp3) is 0.324. The highest BCUT2D eigenvalue weighted by atomic mass is 35.5. The number of β-amino-alcohol motifs (C(OH)–C–C–N with tert-alkyl or cyclic N) is 4. The highest BCUT2D eigenvalue weighted by Gasteiger charge is 2.30. The van der Waals surface area contributed by atoms with Gasteiger partial charge in [-0.3, -0.25) is 0 Å². The minimum Gasteiger partial charge on any atom is -0.490 e. The van der Waals surface area contributed by atoms with Gasteiger partial charge in [0, 0.05) is 72.4 Å². The number of nitrogens with zero attached hydrogens (tertiary/aromatic N) is 9. The maximum absolute atomic E-state index is 10.7. The number of aliphatic hydroxyl groups excluding tert-OH is 4. The van der Waals surface area contributed by atoms with Crippen molar-refractivity contribution in [2.24, 2.45) is 0 Å². The van der Waals surface area contributed by atoms with Gasteiger partial charge in [-0.05, 0) is 277 Å². The molecule has 138 heavy (non-hydrogen) atoms. The molecule has 0 aliphatic carbocycles. The van der Waals surface area contributed by atoms with Crippen molar-refractivity contribution in [3.05, 3.63) is 304 Å². The van der Waals surface area contributed by atoms with Crippen molar-refractivity contribution in [2.75, 3.05) is 105 Å². The number of hydrogen-bond donors (Lipinski definition) is 4. The number of oxazole rings is 1. The van der Waals surface area contributed by atoms with Crippen molar-refractivity contribution < 1.29 is 70.4 Å². The SMILES string of the molecule is Cc1cc(-c2cc3c(OC[C@@H](O)CN4CCC(c5ccc6ccccc6c5)CC4)cccc3o2)on1.Cc1cnc(-c2cc3c(OC[C@@H](O)CN4CCC(c5ccc(Cl)cc5)CC4)cccc3o2)s1.Cc1cnc(-c2cc3c(OC[C@H](O)CN4CCC(c5ccc6ccccc6c5)CC4)cccc3o2)o1.Cc1nnc(-c2cc3c(OC[C@@H](O)CN4CCC(c5ccc(Cl)cc5)CC4)cccc3o2)o1. The van der Waals surface area contributed by atoms with Crippen LogP contribution in [0, 0.1) is 27.7 Å². The topological polar surface area (TPSA) is 287 Å². The Balaban J connectivity index is 0.000000118. The van der Waals surface area contributed by atoms with E-state index in [9.17, 15) is 20.4 Å². The molecule has 4 N–H and O–H groups in total. The Kier molecular flexibility index (Phi) is 30.2. The van der Waals surface area contributed by atoms with Crippen LogP contribution in [0.1, 0.15) is 120 Å². The van der Waals surface area contributed by atoms with Crippen LogP contribution in [0.25, 0.3) is 111 Å². The number of rotatable bonds is 28. The Bertz CT molecular complexity index is 6630. The van der Waals surface area contributed by atoms with Crippen LogP contribution in [0.3, 0.4) is 0 Å². The van der Waals surface area contributed by atoms with Crippen molar-refractivity contribution in [1.29, 1.82) is 0 Å². The zero-order chi connectivity index (χ0) is 94.5. The molecule has 4 aliphatic rings. The fourth-order valence-electron chi connectivity index (χ4n) is 19.2. The molecule has 0 amide bonds. The normalized spacial score (nSPS) is 16.2. The van der Waals surface area contributed by atoms with Gasteiger partial charge >= 0.3 is 0 Å². The van der Waals surface area contributed by atoms with E-state index in [-0.39, 0.29) is 26.4 Å². The smallest absolute Gasteiger partial charge is 0.283 e. The number of halogens is 2. The van der Waals surface area contributed by atoms with Crippen LogP contribution in [-0.2, 0) is 0 Å². The second-order valence-corrected chi connectivity index (χ2v) is 38.7. The highest BCUT2D eigenvalue weighted by molar-refractivity contribution is 7.14. The van der Waals surface area contributed by atoms with E-state index in [0.717, 1.165) is 174 Å². The number of aromatic nitrogens is 5. The average molecular weight is 1920 g/mol. The number of aliphatic hydroxyl groups is 4. The first-order valence-corrected chi connectivity index (χ1v) is 49.2. The zero-order valence-corrected chi connectivity index (χ0v) is 80.1. The van der Waals surface area contributed by atoms with Gasteiger partial charge in [0.05, 0.1) is 33.4 Å². The lowest BCUT2D eigenvalue weighted by Crippen LogP contribution is -2.40. The van der Waals surface area contributed by atoms with Crippen LogP contribution in [0.4, 0.5) is 0 Å². The molecule has 27 heteroatoms. The first-order valence-electron chi connectivity index (χ1n) is 47.7. The number of fused-ring (bicyclic) bond motifs is 6. The number of piperidine rings is 4. The van der Waals surface area contributed by atoms with E-state index in [0.29, 0.717) is 125 Å². The first-order chi connectivity index (χ1) is 67.3. The number of likely N-dealkylation sites (tertiary alicyclic amines) is 4. The molecule has 24 nitrogen and oxygen atoms in total. The van der Waals surface area contributed by atoms with Crippen molar-refractivity contribution >= 4 is 100.0 Å². The van der Waals surface area contributed by atoms with Crippen molar-refractivity contribution in [2.45, 2.75) is 127 Å². The lowest BCUT2D eigenvalue weighted by atomic mass is 9.88. The summed E-state index contributed by atoms with van der Waals surface area (Å²) < 4.78 is 64.0. The summed E-state index contributed by atoms with van der Waals surface area (Å²) in [5.74, 6) is 9.94. The molecule has 0 radical (unpaired) electrons. The largest absolute Gasteiger partial charge is 0.490 e. The summed E-state index contributed by atoms with van der Waals surface area (Å²) >= 11 is 13.6. The Labute approximate surface area is 814 Å². The van der Waals surface area contributed by atoms with E-state index in [1.54, 1.807) is 24.5 Å². The molecule has 4 fully saturated rings. The molecule has 8 aromatic heterocycles. The van der Waals surface area contributed by atoms with Gasteiger partial charge < -0.3 is 90.0 Å². The second kappa shape index (κ2) is 44.1. The van der Waals surface area contributed by atoms with Gasteiger partial charge in [0.25, 0.3) is 11.8 Å². The second-order valence-electron chi connectivity index (χ2n) is 36.6. The third kappa shape index (κ3) is 23.7. The van der Waals surface area contributed by atoms with E-state index in [1.165, 1.54) is 43.8 Å². The van der Waals surface area contributed by atoms with Gasteiger partial charge in [-0.1, -0.05) is 162 Å². The lowest BCUT2D eigenvalue weighted by molar-refractivity contribution is 0.0598. The van der Waals surface area contributed by atoms with Crippen LogP contribution in [0.15, 0.2) is 280 Å². The van der Waals surface area contributed by atoms with E-state index < -0.39 is 24.4 Å². The average Bonchev–Trinajstić information content (AvgIpc) is 1.75. The summed E-state index contributed by atoms with van der Waals surface area (Å²) in [6, 6.07) is 79.2. The fourth-order valence-corrected chi connectivity index (χ4v) is 20.2. The molecule has 0 bridgehead atoms. The zero-order valence-electron chi connectivity index (χ0n) is 77.7. The minimum atomic E-state index is -0.586. The van der Waals surface area contributed by atoms with Gasteiger partial charge in [-0.2, -0.15) is 0 Å². The van der Waals surface area contributed by atoms with Crippen LogP contribution in [0.5, 0.6) is 23.0 Å². The maximum Gasteiger partial charge on any atom is 0.283 e. The number of furan rings is 4. The Morgan fingerprint density at radius 3 is 1.07 bits per heavy atom. The predicted molar refractivity (Wildman–Crippen MR) is 540 cm³/mol. The molecule has 4 atom stereocenters. The molecule has 10 aromatic carbocycles. The standard InChI is InChI=1S/2C30H30N2O4.C26H27ClN2O3S.C25H26ClN3O4/c1-20-17-31-30(35-20)29-16-26-27(7-4-8-28(26)36-29)34-19-25(33)18-32-13-11-22(12-14-32)24-10-9-21-5-2-3-6-23(21)15-24;1-20-15-30(36-31-20)29-17-26-27(7-4-8-28(26)35-29)34-19-25(33)18-32-13-11-22(12-14-32)24-10-9-21-5-2-3-6-23(21)16-24;1-17-14-28-26(33-17)25-13-22-23(3-2-4-24(22)32-25)31-16-21(30)15-29-11-9-19(10-12-29)18-5-7-20(27)8-6-18;1-16-27-28-25(32-16)24-13-21-22(3-2-4-23(21)33-24)31-15-20(30)14-29-11-9-18(10-12-29)17-5-7-19(26)8-6-17/h2*2-10,15-17,22,25,33H,11-14,18-19H2,1H3;2-8,13-14,19,21,30H,9-12,15-16H2,1H3;2-8,13,18,20,30H,9-12,14-15H2,1H3/t2*25-;21-;20-/m1000/s1. The Hall–Kier alpha value is -12.5. The summed E-state index contributed by atoms with van der Waals surface area (Å²) in [4.78, 5) is 19.1. The van der Waals surface area contributed by atoms with Crippen molar-refractivity contribution in [1.82, 2.24) is 44.9 Å². The van der Waals surface area contributed by atoms with Gasteiger partial charge in [-0.15, -0.1) is 21.5 Å². The molecule has 0 saturated carbocycles. The van der Waals surface area contributed by atoms with Gasteiger partial charge in [0.15, 0.2) is 28.0 Å². The van der Waals surface area contributed by atoms with Gasteiger partial charge in [-0.25, -0.2) is 9.97 Å². The molecule has 712 valence electrons. The van der Waals surface area contributed by atoms with Gasteiger partial charge in [0.1, 0.15) is 102 Å². The lowest BCUT2D eigenvalue weighted by Gasteiger charge is -2.33. The Morgan fingerprint density at radius 1 is 0.348 bits per heavy atom. The molecule has 0 unspecified atom stereocenters. The van der Waals surface area contributed by atoms with Crippen molar-refractivity contribution in [3.63, 3.8) is 0 Å². The van der Waals surface area contributed by atoms with Gasteiger partial charge in [0.2, 0.25) is 11.7 Å². The third-order valence-corrected chi connectivity index (χ3v) is 27.9. The Morgan fingerprint density at radius 2 is 0.710 bits per heavy atom. The quantitative estimate of drug-likeness (QED) is 0.0354. The molecule has 4 aliphatic heterocycles. The minimum absolute atomic E-state index is 0.205. The molecule has 0 spiro atoms. The summed E-state index contributed by atoms with van der Waals surface area (Å²) in [7, 11) is 0. The summed E-state index contributed by atoms with van der Waals surface area (Å²) in [5.41, 5.74) is 9.16. The van der Waals surface area contributed by atoms with E-state index in [4.69, 9.17) is 73.2 Å². The summed E-state index contributed by atoms with van der Waals surface area (Å²) in [6.07, 6.45) is 9.95. The van der Waals surface area contributed by atoms with E-state index >= 15 is 0 Å². The van der Waals surface area contributed by atoms with Crippen LogP contribution >= 0.6 is 34.5 Å². The molecule has 18 aromatic rings.